The molecule has 0 aliphatic carbocycles. The van der Waals surface area contributed by atoms with E-state index in [0.717, 1.165) is 0 Å². The molecule has 1 aromatic carbocycles. The third-order valence-electron chi connectivity index (χ3n) is 2.08. The lowest BCUT2D eigenvalue weighted by Crippen LogP contribution is -2.33. The predicted molar refractivity (Wildman–Crippen MR) is 72.0 cm³/mol. The molecule has 1 amide bonds. The number of nitrogens with one attached hydrogen (secondary N) is 1. The van der Waals surface area contributed by atoms with E-state index in [2.05, 4.69) is 21.2 Å². The van der Waals surface area contributed by atoms with E-state index in [4.69, 9.17) is 4.74 Å². The number of ether oxygens (including phenoxy) is 1. The lowest BCUT2D eigenvalue weighted by Gasteiger charge is -2.19. The third kappa shape index (κ3) is 5.49. The Bertz CT molecular complexity index is 429. The molecule has 1 rings (SSSR count). The van der Waals surface area contributed by atoms with Gasteiger partial charge in [0.15, 0.2) is 0 Å². The molecule has 0 unspecified atom stereocenters. The number of rotatable bonds is 3. The molecule has 0 saturated carbocycles. The van der Waals surface area contributed by atoms with Gasteiger partial charge in [-0.05, 0) is 44.9 Å². The van der Waals surface area contributed by atoms with Gasteiger partial charge in [0.25, 0.3) is 0 Å². The van der Waals surface area contributed by atoms with E-state index in [1.807, 2.05) is 0 Å². The highest BCUT2D eigenvalue weighted by atomic mass is 79.9. The SMILES string of the molecule is CC(C)(C)OC(=O)NCCc1ccc(Br)cc1F. The molecule has 1 aromatic rings. The van der Waals surface area contributed by atoms with Crippen LogP contribution in [0.15, 0.2) is 22.7 Å². The van der Waals surface area contributed by atoms with Gasteiger partial charge in [-0.1, -0.05) is 22.0 Å². The summed E-state index contributed by atoms with van der Waals surface area (Å²) < 4.78 is 19.2. The molecule has 5 heteroatoms. The first-order chi connectivity index (χ1) is 8.28. The highest BCUT2D eigenvalue weighted by Gasteiger charge is 2.15. The van der Waals surface area contributed by atoms with Crippen LogP contribution in [0, 0.1) is 5.82 Å². The summed E-state index contributed by atoms with van der Waals surface area (Å²) in [5.74, 6) is -0.282. The zero-order chi connectivity index (χ0) is 13.8. The van der Waals surface area contributed by atoms with Crippen molar-refractivity contribution in [3.8, 4) is 0 Å². The highest BCUT2D eigenvalue weighted by molar-refractivity contribution is 9.10. The molecule has 0 aliphatic rings. The van der Waals surface area contributed by atoms with Crippen LogP contribution in [0.3, 0.4) is 0 Å². The maximum atomic E-state index is 13.5. The second-order valence-corrected chi connectivity index (χ2v) is 5.83. The zero-order valence-corrected chi connectivity index (χ0v) is 12.3. The fourth-order valence-corrected chi connectivity index (χ4v) is 1.67. The van der Waals surface area contributed by atoms with Crippen molar-refractivity contribution >= 4 is 22.0 Å². The van der Waals surface area contributed by atoms with Crippen LogP contribution in [0.5, 0.6) is 0 Å². The summed E-state index contributed by atoms with van der Waals surface area (Å²) in [5, 5.41) is 2.59. The van der Waals surface area contributed by atoms with Gasteiger partial charge in [-0.25, -0.2) is 9.18 Å². The highest BCUT2D eigenvalue weighted by Crippen LogP contribution is 2.15. The normalized spacial score (nSPS) is 11.2. The fraction of sp³-hybridized carbons (Fsp3) is 0.462. The van der Waals surface area contributed by atoms with E-state index in [0.29, 0.717) is 23.0 Å². The van der Waals surface area contributed by atoms with Crippen molar-refractivity contribution in [2.75, 3.05) is 6.54 Å². The molecule has 0 aromatic heterocycles. The van der Waals surface area contributed by atoms with Crippen LogP contribution in [0.1, 0.15) is 26.3 Å². The number of hydrogen-bond acceptors (Lipinski definition) is 2. The molecule has 18 heavy (non-hydrogen) atoms. The number of halogens is 2. The molecule has 0 bridgehead atoms. The van der Waals surface area contributed by atoms with E-state index in [1.165, 1.54) is 6.07 Å². The Labute approximate surface area is 115 Å². The van der Waals surface area contributed by atoms with Gasteiger partial charge in [0.1, 0.15) is 11.4 Å². The summed E-state index contributed by atoms with van der Waals surface area (Å²) in [6.07, 6.45) is -0.0572. The summed E-state index contributed by atoms with van der Waals surface area (Å²) in [6.45, 7) is 5.72. The molecule has 1 N–H and O–H groups in total. The minimum Gasteiger partial charge on any atom is -0.444 e. The van der Waals surface area contributed by atoms with Crippen molar-refractivity contribution in [1.82, 2.24) is 5.32 Å². The maximum absolute atomic E-state index is 13.5. The molecule has 0 atom stereocenters. The second-order valence-electron chi connectivity index (χ2n) is 4.91. The zero-order valence-electron chi connectivity index (χ0n) is 10.7. The Balaban J connectivity index is 2.40. The quantitative estimate of drug-likeness (QED) is 0.924. The topological polar surface area (TPSA) is 38.3 Å². The molecule has 0 fully saturated rings. The van der Waals surface area contributed by atoms with Crippen molar-refractivity contribution < 1.29 is 13.9 Å². The third-order valence-corrected chi connectivity index (χ3v) is 2.57. The summed E-state index contributed by atoms with van der Waals surface area (Å²) in [5.41, 5.74) is 0.0432. The largest absolute Gasteiger partial charge is 0.444 e. The van der Waals surface area contributed by atoms with Gasteiger partial charge in [-0.2, -0.15) is 0 Å². The average Bonchev–Trinajstić information content (AvgIpc) is 2.18. The first-order valence-electron chi connectivity index (χ1n) is 5.69. The van der Waals surface area contributed by atoms with Crippen molar-refractivity contribution in [2.24, 2.45) is 0 Å². The van der Waals surface area contributed by atoms with Crippen molar-refractivity contribution in [1.29, 1.82) is 0 Å². The van der Waals surface area contributed by atoms with Crippen LogP contribution in [0.4, 0.5) is 9.18 Å². The molecular formula is C13H17BrFNO2. The molecule has 0 saturated heterocycles. The van der Waals surface area contributed by atoms with Crippen molar-refractivity contribution in [2.45, 2.75) is 32.8 Å². The fourth-order valence-electron chi connectivity index (χ4n) is 1.34. The van der Waals surface area contributed by atoms with Crippen LogP contribution >= 0.6 is 15.9 Å². The number of benzene rings is 1. The summed E-state index contributed by atoms with van der Waals surface area (Å²) >= 11 is 3.19. The van der Waals surface area contributed by atoms with Crippen LogP contribution in [-0.2, 0) is 11.2 Å². The molecular weight excluding hydrogens is 301 g/mol. The van der Waals surface area contributed by atoms with Gasteiger partial charge in [-0.15, -0.1) is 0 Å². The molecule has 0 aliphatic heterocycles. The summed E-state index contributed by atoms with van der Waals surface area (Å²) in [4.78, 5) is 11.4. The van der Waals surface area contributed by atoms with Gasteiger partial charge in [0, 0.05) is 11.0 Å². The van der Waals surface area contributed by atoms with Gasteiger partial charge in [0.05, 0.1) is 0 Å². The number of carbonyl (C=O) groups excluding carboxylic acids is 1. The smallest absolute Gasteiger partial charge is 0.407 e. The van der Waals surface area contributed by atoms with Gasteiger partial charge >= 0.3 is 6.09 Å². The van der Waals surface area contributed by atoms with Crippen LogP contribution in [-0.4, -0.2) is 18.2 Å². The second kappa shape index (κ2) is 6.18. The van der Waals surface area contributed by atoms with E-state index in [1.54, 1.807) is 32.9 Å². The Hall–Kier alpha value is -1.10. The molecule has 0 radical (unpaired) electrons. The number of amides is 1. The summed E-state index contributed by atoms with van der Waals surface area (Å²) in [6, 6.07) is 4.87. The lowest BCUT2D eigenvalue weighted by atomic mass is 10.1. The van der Waals surface area contributed by atoms with E-state index in [9.17, 15) is 9.18 Å². The Morgan fingerprint density at radius 1 is 1.44 bits per heavy atom. The molecule has 3 nitrogen and oxygen atoms in total. The van der Waals surface area contributed by atoms with E-state index in [-0.39, 0.29) is 5.82 Å². The predicted octanol–water partition coefficient (Wildman–Crippen LogP) is 3.66. The van der Waals surface area contributed by atoms with Gasteiger partial charge in [0.2, 0.25) is 0 Å². The van der Waals surface area contributed by atoms with Gasteiger partial charge in [-0.3, -0.25) is 0 Å². The number of carbonyl (C=O) groups is 1. The van der Waals surface area contributed by atoms with Crippen molar-refractivity contribution in [3.05, 3.63) is 34.1 Å². The molecule has 100 valence electrons. The maximum Gasteiger partial charge on any atom is 0.407 e. The standard InChI is InChI=1S/C13H17BrFNO2/c1-13(2,3)18-12(17)16-7-6-9-4-5-10(14)8-11(9)15/h4-5,8H,6-7H2,1-3H3,(H,16,17). The molecule has 0 spiro atoms. The van der Waals surface area contributed by atoms with Crippen molar-refractivity contribution in [3.63, 3.8) is 0 Å². The molecule has 0 heterocycles. The minimum absolute atomic E-state index is 0.282. The first-order valence-corrected chi connectivity index (χ1v) is 6.48. The van der Waals surface area contributed by atoms with Gasteiger partial charge < -0.3 is 10.1 Å². The van der Waals surface area contributed by atoms with E-state index < -0.39 is 11.7 Å². The minimum atomic E-state index is -0.521. The Morgan fingerprint density at radius 3 is 2.67 bits per heavy atom. The Kier molecular flexibility index (Phi) is 5.14. The van der Waals surface area contributed by atoms with Crippen LogP contribution in [0.25, 0.3) is 0 Å². The van der Waals surface area contributed by atoms with Crippen LogP contribution < -0.4 is 5.32 Å². The average molecular weight is 318 g/mol. The Morgan fingerprint density at radius 2 is 2.11 bits per heavy atom. The monoisotopic (exact) mass is 317 g/mol. The first kappa shape index (κ1) is 15.0. The lowest BCUT2D eigenvalue weighted by molar-refractivity contribution is 0.0528. The van der Waals surface area contributed by atoms with E-state index >= 15 is 0 Å². The number of hydrogen-bond donors (Lipinski definition) is 1. The van der Waals surface area contributed by atoms with Crippen LogP contribution in [0.2, 0.25) is 0 Å². The summed E-state index contributed by atoms with van der Waals surface area (Å²) in [7, 11) is 0. The number of alkyl carbamates (subject to hydrolysis) is 1.